The van der Waals surface area contributed by atoms with Gasteiger partial charge in [0.05, 0.1) is 5.56 Å². The highest BCUT2D eigenvalue weighted by molar-refractivity contribution is 5.95. The van der Waals surface area contributed by atoms with Gasteiger partial charge in [0, 0.05) is 11.5 Å². The molecule has 0 fully saturated rings. The van der Waals surface area contributed by atoms with Gasteiger partial charge in [0.25, 0.3) is 0 Å². The van der Waals surface area contributed by atoms with Crippen LogP contribution in [0.15, 0.2) is 24.3 Å². The Labute approximate surface area is 99.7 Å². The number of phenolic OH excluding ortho intramolecular Hbond substituents is 1. The van der Waals surface area contributed by atoms with Crippen molar-refractivity contribution in [1.82, 2.24) is 0 Å². The number of benzene rings is 1. The van der Waals surface area contributed by atoms with Crippen molar-refractivity contribution in [2.75, 3.05) is 0 Å². The molecule has 17 heavy (non-hydrogen) atoms. The maximum Gasteiger partial charge on any atom is 0.339 e. The Morgan fingerprint density at radius 3 is 3.00 bits per heavy atom. The van der Waals surface area contributed by atoms with Crippen molar-refractivity contribution in [2.45, 2.75) is 25.9 Å². The summed E-state index contributed by atoms with van der Waals surface area (Å²) in [6, 6.07) is 3.24. The largest absolute Gasteiger partial charge is 0.508 e. The molecule has 0 bridgehead atoms. The van der Waals surface area contributed by atoms with Crippen molar-refractivity contribution in [1.29, 1.82) is 0 Å². The minimum atomic E-state index is -0.324. The van der Waals surface area contributed by atoms with E-state index in [0.717, 1.165) is 29.5 Å². The average Bonchev–Trinajstić information content (AvgIpc) is 2.57. The smallest absolute Gasteiger partial charge is 0.339 e. The molecular formula is C14H14O3. The molecule has 0 saturated carbocycles. The van der Waals surface area contributed by atoms with Crippen LogP contribution in [0.1, 0.15) is 40.9 Å². The normalized spacial score (nSPS) is 25.4. The summed E-state index contributed by atoms with van der Waals surface area (Å²) in [4.78, 5) is 11.8. The Morgan fingerprint density at radius 1 is 1.53 bits per heavy atom. The van der Waals surface area contributed by atoms with Crippen LogP contribution in [0.4, 0.5) is 0 Å². The number of rotatable bonds is 1. The Morgan fingerprint density at radius 2 is 2.29 bits per heavy atom. The minimum Gasteiger partial charge on any atom is -0.508 e. The fraction of sp³-hybridized carbons (Fsp3) is 0.357. The third kappa shape index (κ3) is 1.38. The Bertz CT molecular complexity index is 531. The highest BCUT2D eigenvalue weighted by Gasteiger charge is 2.41. The van der Waals surface area contributed by atoms with Gasteiger partial charge < -0.3 is 9.84 Å². The van der Waals surface area contributed by atoms with E-state index >= 15 is 0 Å². The van der Waals surface area contributed by atoms with E-state index in [1.807, 2.05) is 6.92 Å². The number of carbonyl (C=O) groups is 1. The monoisotopic (exact) mass is 230 g/mol. The van der Waals surface area contributed by atoms with Crippen LogP contribution >= 0.6 is 0 Å². The second-order valence-corrected chi connectivity index (χ2v) is 4.88. The van der Waals surface area contributed by atoms with Crippen LogP contribution in [-0.4, -0.2) is 11.1 Å². The van der Waals surface area contributed by atoms with E-state index < -0.39 is 0 Å². The average molecular weight is 230 g/mol. The molecule has 3 rings (SSSR count). The van der Waals surface area contributed by atoms with E-state index in [0.29, 0.717) is 5.56 Å². The minimum absolute atomic E-state index is 0.144. The maximum absolute atomic E-state index is 11.8. The van der Waals surface area contributed by atoms with Gasteiger partial charge in [-0.3, -0.25) is 0 Å². The second kappa shape index (κ2) is 3.36. The van der Waals surface area contributed by atoms with Crippen molar-refractivity contribution in [3.05, 3.63) is 41.0 Å². The van der Waals surface area contributed by atoms with Gasteiger partial charge in [0.1, 0.15) is 11.9 Å². The summed E-state index contributed by atoms with van der Waals surface area (Å²) in [5.74, 6) is 0.0256. The molecule has 2 unspecified atom stereocenters. The standard InChI is InChI=1S/C14H14O3/c1-7(2)10-4-3-8-5-9(15)6-11-12(8)13(10)17-14(11)16/h5-6,10,13,15H,1,3-4H2,2H3. The first-order chi connectivity index (χ1) is 8.08. The summed E-state index contributed by atoms with van der Waals surface area (Å²) in [6.45, 7) is 5.95. The second-order valence-electron chi connectivity index (χ2n) is 4.88. The van der Waals surface area contributed by atoms with Crippen LogP contribution in [0.3, 0.4) is 0 Å². The van der Waals surface area contributed by atoms with Crippen molar-refractivity contribution in [3.8, 4) is 5.75 Å². The van der Waals surface area contributed by atoms with Gasteiger partial charge in [-0.15, -0.1) is 0 Å². The first-order valence-electron chi connectivity index (χ1n) is 5.80. The third-order valence-corrected chi connectivity index (χ3v) is 3.71. The van der Waals surface area contributed by atoms with E-state index in [1.54, 1.807) is 6.07 Å². The van der Waals surface area contributed by atoms with Gasteiger partial charge in [-0.25, -0.2) is 4.79 Å². The van der Waals surface area contributed by atoms with Gasteiger partial charge in [-0.1, -0.05) is 12.2 Å². The number of aromatic hydroxyl groups is 1. The summed E-state index contributed by atoms with van der Waals surface area (Å²) >= 11 is 0. The zero-order chi connectivity index (χ0) is 12.2. The summed E-state index contributed by atoms with van der Waals surface area (Å²) < 4.78 is 5.43. The van der Waals surface area contributed by atoms with E-state index in [2.05, 4.69) is 6.58 Å². The van der Waals surface area contributed by atoms with Gasteiger partial charge >= 0.3 is 5.97 Å². The first kappa shape index (κ1) is 10.4. The number of hydrogen-bond acceptors (Lipinski definition) is 3. The molecule has 0 amide bonds. The molecule has 1 aliphatic heterocycles. The van der Waals surface area contributed by atoms with Crippen molar-refractivity contribution in [2.24, 2.45) is 5.92 Å². The van der Waals surface area contributed by atoms with E-state index in [9.17, 15) is 9.90 Å². The molecular weight excluding hydrogens is 216 g/mol. The number of hydrogen-bond donors (Lipinski definition) is 1. The summed E-state index contributed by atoms with van der Waals surface area (Å²) in [7, 11) is 0. The molecule has 2 aliphatic rings. The number of aryl methyl sites for hydroxylation is 1. The number of esters is 1. The lowest BCUT2D eigenvalue weighted by Crippen LogP contribution is -2.20. The third-order valence-electron chi connectivity index (χ3n) is 3.71. The van der Waals surface area contributed by atoms with Gasteiger partial charge in [-0.05, 0) is 37.5 Å². The van der Waals surface area contributed by atoms with E-state index in [-0.39, 0.29) is 23.7 Å². The SMILES string of the molecule is C=C(C)C1CCc2cc(O)cc3c2C1OC3=O. The highest BCUT2D eigenvalue weighted by Crippen LogP contribution is 2.47. The zero-order valence-electron chi connectivity index (χ0n) is 9.69. The molecule has 0 radical (unpaired) electrons. The van der Waals surface area contributed by atoms with Crippen molar-refractivity contribution < 1.29 is 14.6 Å². The molecule has 1 aliphatic carbocycles. The lowest BCUT2D eigenvalue weighted by Gasteiger charge is -2.29. The first-order valence-corrected chi connectivity index (χ1v) is 5.80. The topological polar surface area (TPSA) is 46.5 Å². The van der Waals surface area contributed by atoms with Crippen molar-refractivity contribution >= 4 is 5.97 Å². The maximum atomic E-state index is 11.8. The lowest BCUT2D eigenvalue weighted by molar-refractivity contribution is 0.0254. The van der Waals surface area contributed by atoms with Crippen LogP contribution < -0.4 is 0 Å². The predicted molar refractivity (Wildman–Crippen MR) is 62.9 cm³/mol. The Hall–Kier alpha value is -1.77. The fourth-order valence-corrected chi connectivity index (χ4v) is 2.90. The molecule has 1 N–H and O–H groups in total. The lowest BCUT2D eigenvalue weighted by atomic mass is 9.78. The zero-order valence-corrected chi connectivity index (χ0v) is 9.69. The van der Waals surface area contributed by atoms with Crippen LogP contribution in [0.5, 0.6) is 5.75 Å². The molecule has 3 heteroatoms. The molecule has 88 valence electrons. The number of ether oxygens (including phenoxy) is 1. The molecule has 0 saturated heterocycles. The summed E-state index contributed by atoms with van der Waals surface area (Å²) in [5.41, 5.74) is 3.57. The molecule has 0 aromatic heterocycles. The highest BCUT2D eigenvalue weighted by atomic mass is 16.5. The van der Waals surface area contributed by atoms with Crippen molar-refractivity contribution in [3.63, 3.8) is 0 Å². The fourth-order valence-electron chi connectivity index (χ4n) is 2.90. The van der Waals surface area contributed by atoms with Gasteiger partial charge in [-0.2, -0.15) is 0 Å². The van der Waals surface area contributed by atoms with Crippen LogP contribution in [-0.2, 0) is 11.2 Å². The molecule has 1 aromatic rings. The van der Waals surface area contributed by atoms with E-state index in [4.69, 9.17) is 4.74 Å². The predicted octanol–water partition coefficient (Wildman–Crippen LogP) is 2.74. The molecule has 2 atom stereocenters. The van der Waals surface area contributed by atoms with Crippen LogP contribution in [0.2, 0.25) is 0 Å². The molecule has 1 aromatic carbocycles. The van der Waals surface area contributed by atoms with E-state index in [1.165, 1.54) is 6.07 Å². The molecule has 1 heterocycles. The summed E-state index contributed by atoms with van der Waals surface area (Å²) in [5, 5.41) is 9.59. The Balaban J connectivity index is 2.18. The van der Waals surface area contributed by atoms with Crippen LogP contribution in [0, 0.1) is 5.92 Å². The number of phenols is 1. The quantitative estimate of drug-likeness (QED) is 0.596. The van der Waals surface area contributed by atoms with Gasteiger partial charge in [0.15, 0.2) is 0 Å². The number of carbonyl (C=O) groups excluding carboxylic acids is 1. The molecule has 0 spiro atoms. The van der Waals surface area contributed by atoms with Gasteiger partial charge in [0.2, 0.25) is 0 Å². The van der Waals surface area contributed by atoms with Crippen LogP contribution in [0.25, 0.3) is 0 Å². The summed E-state index contributed by atoms with van der Waals surface area (Å²) in [6.07, 6.45) is 1.59. The Kier molecular flexibility index (Phi) is 2.05. The molecule has 3 nitrogen and oxygen atoms in total.